The van der Waals surface area contributed by atoms with Crippen LogP contribution in [0.4, 0.5) is 0 Å². The van der Waals surface area contributed by atoms with Gasteiger partial charge in [-0.25, -0.2) is 8.42 Å². The lowest BCUT2D eigenvalue weighted by Gasteiger charge is -2.23. The second kappa shape index (κ2) is 5.61. The van der Waals surface area contributed by atoms with Gasteiger partial charge in [0.25, 0.3) is 0 Å². The number of carbonyl (C=O) groups is 1. The van der Waals surface area contributed by atoms with Crippen molar-refractivity contribution in [1.82, 2.24) is 5.32 Å². The lowest BCUT2D eigenvalue weighted by Crippen LogP contribution is -2.43. The zero-order chi connectivity index (χ0) is 15.0. The largest absolute Gasteiger partial charge is 0.352 e. The lowest BCUT2D eigenvalue weighted by atomic mass is 10.1. The molecule has 0 radical (unpaired) electrons. The third kappa shape index (κ3) is 3.58. The molecule has 114 valence electrons. The number of carbonyl (C=O) groups excluding carboxylic acids is 1. The fourth-order valence-corrected chi connectivity index (χ4v) is 4.77. The molecule has 1 aromatic carbocycles. The molecule has 1 amide bonds. The van der Waals surface area contributed by atoms with Gasteiger partial charge in [0.05, 0.1) is 11.5 Å². The van der Waals surface area contributed by atoms with Gasteiger partial charge < -0.3 is 5.32 Å². The molecule has 4 nitrogen and oxygen atoms in total. The van der Waals surface area contributed by atoms with E-state index in [1.165, 1.54) is 0 Å². The number of rotatable bonds is 3. The second-order valence-corrected chi connectivity index (χ2v) is 8.63. The summed E-state index contributed by atoms with van der Waals surface area (Å²) in [5, 5.41) is 3.59. The molecule has 1 N–H and O–H groups in total. The molecule has 3 rings (SSSR count). The number of amides is 1. The SMILES string of the molecule is O=C(N[C@@H]1CCCS(=O)(=O)C1)[C@@H]1C[C@H]1c1ccc(Cl)cc1. The predicted molar refractivity (Wildman–Crippen MR) is 82.1 cm³/mol. The van der Waals surface area contributed by atoms with Crippen molar-refractivity contribution < 1.29 is 13.2 Å². The topological polar surface area (TPSA) is 63.2 Å². The van der Waals surface area contributed by atoms with Crippen molar-refractivity contribution in [3.8, 4) is 0 Å². The van der Waals surface area contributed by atoms with Crippen LogP contribution < -0.4 is 5.32 Å². The molecule has 21 heavy (non-hydrogen) atoms. The van der Waals surface area contributed by atoms with Gasteiger partial charge in [-0.3, -0.25) is 4.79 Å². The summed E-state index contributed by atoms with van der Waals surface area (Å²) >= 11 is 5.86. The van der Waals surface area contributed by atoms with Crippen molar-refractivity contribution in [3.05, 3.63) is 34.9 Å². The quantitative estimate of drug-likeness (QED) is 0.925. The monoisotopic (exact) mass is 327 g/mol. The Bertz CT molecular complexity index is 641. The van der Waals surface area contributed by atoms with Crippen molar-refractivity contribution in [3.63, 3.8) is 0 Å². The van der Waals surface area contributed by atoms with E-state index < -0.39 is 9.84 Å². The van der Waals surface area contributed by atoms with Gasteiger partial charge in [0.2, 0.25) is 5.91 Å². The number of sulfone groups is 1. The van der Waals surface area contributed by atoms with E-state index >= 15 is 0 Å². The van der Waals surface area contributed by atoms with Crippen LogP contribution in [-0.4, -0.2) is 31.9 Å². The van der Waals surface area contributed by atoms with E-state index in [4.69, 9.17) is 11.6 Å². The summed E-state index contributed by atoms with van der Waals surface area (Å²) in [6.07, 6.45) is 2.22. The Kier molecular flexibility index (Phi) is 3.97. The Morgan fingerprint density at radius 1 is 1.24 bits per heavy atom. The van der Waals surface area contributed by atoms with E-state index in [1.807, 2.05) is 24.3 Å². The number of halogens is 1. The van der Waals surface area contributed by atoms with Crippen LogP contribution >= 0.6 is 11.6 Å². The minimum atomic E-state index is -2.98. The van der Waals surface area contributed by atoms with Gasteiger partial charge in [0, 0.05) is 17.0 Å². The standard InChI is InChI=1S/C15H18ClNO3S/c16-11-5-3-10(4-6-11)13-8-14(13)15(18)17-12-2-1-7-21(19,20)9-12/h3-6,12-14H,1-2,7-9H2,(H,17,18)/t12-,13+,14-/m1/s1. The first kappa shape index (κ1) is 14.9. The molecule has 0 bridgehead atoms. The van der Waals surface area contributed by atoms with E-state index in [-0.39, 0.29) is 35.3 Å². The van der Waals surface area contributed by atoms with Gasteiger partial charge >= 0.3 is 0 Å². The van der Waals surface area contributed by atoms with Crippen LogP contribution in [0.3, 0.4) is 0 Å². The van der Waals surface area contributed by atoms with E-state index in [9.17, 15) is 13.2 Å². The number of hydrogen-bond acceptors (Lipinski definition) is 3. The molecule has 0 unspecified atom stereocenters. The highest BCUT2D eigenvalue weighted by atomic mass is 35.5. The first-order valence-corrected chi connectivity index (χ1v) is 9.41. The summed E-state index contributed by atoms with van der Waals surface area (Å²) in [5.41, 5.74) is 1.12. The van der Waals surface area contributed by atoms with E-state index in [0.717, 1.165) is 18.4 Å². The van der Waals surface area contributed by atoms with Crippen LogP contribution in [0.25, 0.3) is 0 Å². The fraction of sp³-hybridized carbons (Fsp3) is 0.533. The summed E-state index contributed by atoms with van der Waals surface area (Å²) in [5.74, 6) is 0.517. The van der Waals surface area contributed by atoms with Crippen molar-refractivity contribution >= 4 is 27.3 Å². The predicted octanol–water partition coefficient (Wildman–Crippen LogP) is 2.14. The van der Waals surface area contributed by atoms with Gasteiger partial charge in [-0.2, -0.15) is 0 Å². The maximum atomic E-state index is 12.2. The molecule has 1 heterocycles. The Morgan fingerprint density at radius 3 is 2.62 bits per heavy atom. The highest BCUT2D eigenvalue weighted by molar-refractivity contribution is 7.91. The third-order valence-electron chi connectivity index (χ3n) is 4.23. The van der Waals surface area contributed by atoms with Gasteiger partial charge in [-0.1, -0.05) is 23.7 Å². The van der Waals surface area contributed by atoms with Crippen molar-refractivity contribution in [1.29, 1.82) is 0 Å². The summed E-state index contributed by atoms with van der Waals surface area (Å²) in [6.45, 7) is 0. The smallest absolute Gasteiger partial charge is 0.223 e. The Morgan fingerprint density at radius 2 is 1.95 bits per heavy atom. The minimum Gasteiger partial charge on any atom is -0.352 e. The van der Waals surface area contributed by atoms with E-state index in [1.54, 1.807) is 0 Å². The van der Waals surface area contributed by atoms with E-state index in [2.05, 4.69) is 5.32 Å². The van der Waals surface area contributed by atoms with Gasteiger partial charge in [-0.15, -0.1) is 0 Å². The zero-order valence-corrected chi connectivity index (χ0v) is 13.2. The molecule has 3 atom stereocenters. The first-order valence-electron chi connectivity index (χ1n) is 7.21. The van der Waals surface area contributed by atoms with Crippen LogP contribution in [0.15, 0.2) is 24.3 Å². The molecule has 1 aromatic rings. The molecular formula is C15H18ClNO3S. The van der Waals surface area contributed by atoms with Crippen LogP contribution in [0.2, 0.25) is 5.02 Å². The van der Waals surface area contributed by atoms with Crippen molar-refractivity contribution in [2.45, 2.75) is 31.2 Å². The van der Waals surface area contributed by atoms with Gasteiger partial charge in [-0.05, 0) is 42.9 Å². The molecule has 1 aliphatic heterocycles. The summed E-state index contributed by atoms with van der Waals surface area (Å²) < 4.78 is 23.2. The molecular weight excluding hydrogens is 310 g/mol. The average Bonchev–Trinajstić information content (AvgIpc) is 3.18. The molecule has 2 fully saturated rings. The Labute approximate surface area is 129 Å². The maximum absolute atomic E-state index is 12.2. The van der Waals surface area contributed by atoms with E-state index in [0.29, 0.717) is 11.4 Å². The van der Waals surface area contributed by atoms with Crippen molar-refractivity contribution in [2.24, 2.45) is 5.92 Å². The highest BCUT2D eigenvalue weighted by Crippen LogP contribution is 2.47. The first-order chi connectivity index (χ1) is 9.94. The van der Waals surface area contributed by atoms with Gasteiger partial charge in [0.1, 0.15) is 0 Å². The summed E-state index contributed by atoms with van der Waals surface area (Å²) in [4.78, 5) is 12.2. The second-order valence-electron chi connectivity index (χ2n) is 5.96. The normalized spacial score (nSPS) is 30.6. The van der Waals surface area contributed by atoms with Crippen LogP contribution in [0.5, 0.6) is 0 Å². The summed E-state index contributed by atoms with van der Waals surface area (Å²) in [7, 11) is -2.98. The fourth-order valence-electron chi connectivity index (χ4n) is 3.01. The van der Waals surface area contributed by atoms with Crippen LogP contribution in [0, 0.1) is 5.92 Å². The number of hydrogen-bond donors (Lipinski definition) is 1. The molecule has 0 spiro atoms. The summed E-state index contributed by atoms with van der Waals surface area (Å²) in [6, 6.07) is 7.34. The van der Waals surface area contributed by atoms with Crippen LogP contribution in [-0.2, 0) is 14.6 Å². The van der Waals surface area contributed by atoms with Crippen LogP contribution in [0.1, 0.15) is 30.7 Å². The van der Waals surface area contributed by atoms with Crippen molar-refractivity contribution in [2.75, 3.05) is 11.5 Å². The zero-order valence-electron chi connectivity index (χ0n) is 11.6. The molecule has 0 aromatic heterocycles. The lowest BCUT2D eigenvalue weighted by molar-refractivity contribution is -0.123. The Balaban J connectivity index is 1.57. The molecule has 1 saturated carbocycles. The molecule has 6 heteroatoms. The van der Waals surface area contributed by atoms with Gasteiger partial charge in [0.15, 0.2) is 9.84 Å². The minimum absolute atomic E-state index is 0.0166. The third-order valence-corrected chi connectivity index (χ3v) is 6.31. The molecule has 1 saturated heterocycles. The Hall–Kier alpha value is -1.07. The maximum Gasteiger partial charge on any atom is 0.223 e. The number of benzene rings is 1. The molecule has 1 aliphatic carbocycles. The molecule has 2 aliphatic rings. The number of nitrogens with one attached hydrogen (secondary N) is 1. The highest BCUT2D eigenvalue weighted by Gasteiger charge is 2.44. The average molecular weight is 328 g/mol.